The summed E-state index contributed by atoms with van der Waals surface area (Å²) in [6.45, 7) is 0.0681. The summed E-state index contributed by atoms with van der Waals surface area (Å²) in [5.41, 5.74) is 2.07. The van der Waals surface area contributed by atoms with E-state index in [2.05, 4.69) is 15.2 Å². The van der Waals surface area contributed by atoms with Crippen molar-refractivity contribution in [2.75, 3.05) is 7.11 Å². The van der Waals surface area contributed by atoms with Crippen LogP contribution in [-0.4, -0.2) is 26.7 Å². The minimum absolute atomic E-state index is 0.0681. The molecule has 0 radical (unpaired) electrons. The zero-order valence-electron chi connectivity index (χ0n) is 16.4. The van der Waals surface area contributed by atoms with Crippen LogP contribution in [0.25, 0.3) is 27.7 Å². The lowest BCUT2D eigenvalue weighted by Crippen LogP contribution is -2.03. The van der Waals surface area contributed by atoms with E-state index in [1.54, 1.807) is 42.1 Å². The number of benzene rings is 2. The molecule has 0 aliphatic rings. The summed E-state index contributed by atoms with van der Waals surface area (Å²) < 4.78 is 40.6. The third-order valence-electron chi connectivity index (χ3n) is 4.97. The number of pyridine rings is 2. The number of aromatic nitrogens is 4. The first-order chi connectivity index (χ1) is 15.1. The standard InChI is InChI=1S/C23H16F2N4O2/c1-30-17-6-7-18-20(11-17)26-9-8-21(18)31-13-22-27-28-23-19(25)10-15(12-29(22)23)14-2-4-16(24)5-3-14/h2-12H,13H2,1H3. The molecule has 31 heavy (non-hydrogen) atoms. The highest BCUT2D eigenvalue weighted by molar-refractivity contribution is 5.85. The van der Waals surface area contributed by atoms with Gasteiger partial charge in [-0.1, -0.05) is 12.1 Å². The van der Waals surface area contributed by atoms with Gasteiger partial charge in [0.25, 0.3) is 0 Å². The molecule has 0 aliphatic carbocycles. The normalized spacial score (nSPS) is 11.2. The van der Waals surface area contributed by atoms with Crippen LogP contribution >= 0.6 is 0 Å². The van der Waals surface area contributed by atoms with Gasteiger partial charge in [-0.25, -0.2) is 8.78 Å². The van der Waals surface area contributed by atoms with E-state index in [1.807, 2.05) is 18.2 Å². The lowest BCUT2D eigenvalue weighted by atomic mass is 10.1. The molecule has 5 aromatic rings. The number of methoxy groups -OCH3 is 1. The molecule has 0 saturated carbocycles. The van der Waals surface area contributed by atoms with Crippen molar-refractivity contribution in [3.63, 3.8) is 0 Å². The molecule has 0 aliphatic heterocycles. The Hall–Kier alpha value is -4.07. The molecule has 0 unspecified atom stereocenters. The number of fused-ring (bicyclic) bond motifs is 2. The molecule has 0 fully saturated rings. The Labute approximate surface area is 175 Å². The van der Waals surface area contributed by atoms with Gasteiger partial charge in [-0.3, -0.25) is 9.38 Å². The van der Waals surface area contributed by atoms with Gasteiger partial charge in [0.05, 0.1) is 12.6 Å². The zero-order valence-corrected chi connectivity index (χ0v) is 16.4. The third kappa shape index (κ3) is 3.52. The first-order valence-electron chi connectivity index (χ1n) is 9.47. The second-order valence-electron chi connectivity index (χ2n) is 6.87. The Kier molecular flexibility index (Phi) is 4.66. The fraction of sp³-hybridized carbons (Fsp3) is 0.0870. The summed E-state index contributed by atoms with van der Waals surface area (Å²) in [6.07, 6.45) is 3.35. The van der Waals surface area contributed by atoms with Crippen LogP contribution in [0.4, 0.5) is 8.78 Å². The lowest BCUT2D eigenvalue weighted by Gasteiger charge is -2.10. The number of rotatable bonds is 5. The maximum absolute atomic E-state index is 14.6. The van der Waals surface area contributed by atoms with Gasteiger partial charge in [-0.2, -0.15) is 0 Å². The predicted molar refractivity (Wildman–Crippen MR) is 111 cm³/mol. The number of halogens is 2. The minimum Gasteiger partial charge on any atom is -0.497 e. The molecule has 6 nitrogen and oxygen atoms in total. The maximum Gasteiger partial charge on any atom is 0.197 e. The van der Waals surface area contributed by atoms with E-state index >= 15 is 0 Å². The molecular weight excluding hydrogens is 402 g/mol. The Morgan fingerprint density at radius 3 is 2.58 bits per heavy atom. The highest BCUT2D eigenvalue weighted by atomic mass is 19.1. The Bertz CT molecular complexity index is 1400. The van der Waals surface area contributed by atoms with Gasteiger partial charge in [0.15, 0.2) is 17.3 Å². The Balaban J connectivity index is 1.48. The van der Waals surface area contributed by atoms with Crippen LogP contribution in [0, 0.1) is 11.6 Å². The van der Waals surface area contributed by atoms with Gasteiger partial charge in [0.1, 0.15) is 23.9 Å². The second-order valence-corrected chi connectivity index (χ2v) is 6.87. The van der Waals surface area contributed by atoms with Crippen molar-refractivity contribution in [3.05, 3.63) is 84.4 Å². The van der Waals surface area contributed by atoms with Crippen molar-refractivity contribution in [2.45, 2.75) is 6.61 Å². The topological polar surface area (TPSA) is 61.5 Å². The van der Waals surface area contributed by atoms with Gasteiger partial charge in [-0.05, 0) is 42.0 Å². The molecule has 3 aromatic heterocycles. The van der Waals surface area contributed by atoms with Gasteiger partial charge >= 0.3 is 0 Å². The van der Waals surface area contributed by atoms with Crippen LogP contribution in [-0.2, 0) is 6.61 Å². The Morgan fingerprint density at radius 2 is 1.77 bits per heavy atom. The maximum atomic E-state index is 14.6. The predicted octanol–water partition coefficient (Wildman–Crippen LogP) is 4.81. The molecule has 5 rings (SSSR count). The first kappa shape index (κ1) is 18.9. The van der Waals surface area contributed by atoms with Crippen LogP contribution in [0.5, 0.6) is 11.5 Å². The Morgan fingerprint density at radius 1 is 0.935 bits per heavy atom. The monoisotopic (exact) mass is 418 g/mol. The van der Waals surface area contributed by atoms with Gasteiger partial charge < -0.3 is 9.47 Å². The molecule has 3 heterocycles. The molecule has 8 heteroatoms. The molecule has 0 saturated heterocycles. The van der Waals surface area contributed by atoms with Crippen molar-refractivity contribution in [1.82, 2.24) is 19.6 Å². The van der Waals surface area contributed by atoms with E-state index in [9.17, 15) is 8.78 Å². The van der Waals surface area contributed by atoms with Crippen molar-refractivity contribution < 1.29 is 18.3 Å². The smallest absolute Gasteiger partial charge is 0.197 e. The summed E-state index contributed by atoms with van der Waals surface area (Å²) in [6, 6.07) is 14.5. The SMILES string of the molecule is COc1ccc2c(OCc3nnc4c(F)cc(-c5ccc(F)cc5)cn34)ccnc2c1. The minimum atomic E-state index is -0.526. The van der Waals surface area contributed by atoms with E-state index in [1.165, 1.54) is 18.2 Å². The fourth-order valence-electron chi connectivity index (χ4n) is 3.40. The van der Waals surface area contributed by atoms with Gasteiger partial charge in [-0.15, -0.1) is 10.2 Å². The average molecular weight is 418 g/mol. The number of nitrogens with zero attached hydrogens (tertiary/aromatic N) is 4. The first-order valence-corrected chi connectivity index (χ1v) is 9.47. The van der Waals surface area contributed by atoms with Crippen LogP contribution in [0.2, 0.25) is 0 Å². The van der Waals surface area contributed by atoms with Gasteiger partial charge in [0.2, 0.25) is 0 Å². The highest BCUT2D eigenvalue weighted by Gasteiger charge is 2.14. The van der Waals surface area contributed by atoms with Crippen molar-refractivity contribution in [1.29, 1.82) is 0 Å². The van der Waals surface area contributed by atoms with Crippen LogP contribution in [0.15, 0.2) is 67.0 Å². The lowest BCUT2D eigenvalue weighted by molar-refractivity contribution is 0.298. The summed E-state index contributed by atoms with van der Waals surface area (Å²) >= 11 is 0. The molecular formula is C23H16F2N4O2. The molecule has 0 bridgehead atoms. The average Bonchev–Trinajstić information content (AvgIpc) is 3.21. The third-order valence-corrected chi connectivity index (χ3v) is 4.97. The van der Waals surface area contributed by atoms with Crippen LogP contribution < -0.4 is 9.47 Å². The molecule has 0 amide bonds. The van der Waals surface area contributed by atoms with E-state index in [4.69, 9.17) is 9.47 Å². The van der Waals surface area contributed by atoms with Crippen molar-refractivity contribution >= 4 is 16.6 Å². The number of hydrogen-bond donors (Lipinski definition) is 0. The quantitative estimate of drug-likeness (QED) is 0.410. The van der Waals surface area contributed by atoms with Gasteiger partial charge in [0, 0.05) is 29.4 Å². The van der Waals surface area contributed by atoms with Crippen molar-refractivity contribution in [2.24, 2.45) is 0 Å². The zero-order chi connectivity index (χ0) is 21.4. The molecule has 0 spiro atoms. The number of hydrogen-bond acceptors (Lipinski definition) is 5. The molecule has 2 aromatic carbocycles. The number of ether oxygens (including phenoxy) is 2. The highest BCUT2D eigenvalue weighted by Crippen LogP contribution is 2.28. The summed E-state index contributed by atoms with van der Waals surface area (Å²) in [5.74, 6) is 0.855. The molecule has 0 atom stereocenters. The van der Waals surface area contributed by atoms with Crippen molar-refractivity contribution in [3.8, 4) is 22.6 Å². The van der Waals surface area contributed by atoms with E-state index in [0.717, 1.165) is 10.9 Å². The van der Waals surface area contributed by atoms with E-state index in [0.29, 0.717) is 28.5 Å². The summed E-state index contributed by atoms with van der Waals surface area (Å²) in [5, 5.41) is 8.83. The molecule has 0 N–H and O–H groups in total. The van der Waals surface area contributed by atoms with E-state index < -0.39 is 5.82 Å². The fourth-order valence-corrected chi connectivity index (χ4v) is 3.40. The van der Waals surface area contributed by atoms with E-state index in [-0.39, 0.29) is 18.1 Å². The summed E-state index contributed by atoms with van der Waals surface area (Å²) in [4.78, 5) is 4.34. The largest absolute Gasteiger partial charge is 0.497 e. The van der Waals surface area contributed by atoms with Crippen LogP contribution in [0.1, 0.15) is 5.82 Å². The second kappa shape index (κ2) is 7.64. The van der Waals surface area contributed by atoms with Crippen LogP contribution in [0.3, 0.4) is 0 Å². The molecule has 154 valence electrons. The summed E-state index contributed by atoms with van der Waals surface area (Å²) in [7, 11) is 1.59.